The van der Waals surface area contributed by atoms with Crippen LogP contribution in [-0.4, -0.2) is 63.4 Å². The molecule has 0 aliphatic carbocycles. The van der Waals surface area contributed by atoms with Gasteiger partial charge in [0.2, 0.25) is 0 Å². The number of hydrogen-bond acceptors (Lipinski definition) is 5. The summed E-state index contributed by atoms with van der Waals surface area (Å²) >= 11 is 0. The number of morpholine rings is 1. The molecule has 0 radical (unpaired) electrons. The van der Waals surface area contributed by atoms with Crippen LogP contribution in [0.15, 0.2) is 18.2 Å². The molecule has 1 saturated heterocycles. The number of hydrogen-bond donors (Lipinski definition) is 1. The highest BCUT2D eigenvalue weighted by Crippen LogP contribution is 2.34. The lowest BCUT2D eigenvalue weighted by Crippen LogP contribution is -2.45. The fourth-order valence-electron chi connectivity index (χ4n) is 2.57. The topological polar surface area (TPSA) is 60.0 Å². The van der Waals surface area contributed by atoms with Crippen molar-refractivity contribution in [3.63, 3.8) is 0 Å². The van der Waals surface area contributed by atoms with Crippen molar-refractivity contribution in [2.75, 3.05) is 46.5 Å². The van der Waals surface area contributed by atoms with Gasteiger partial charge in [-0.3, -0.25) is 4.79 Å². The first-order valence-electron chi connectivity index (χ1n) is 7.22. The predicted octanol–water partition coefficient (Wildman–Crippen LogP) is 0.518. The maximum Gasteiger partial charge on any atom is 0.257 e. The molecule has 0 saturated carbocycles. The molecule has 1 unspecified atom stereocenters. The summed E-state index contributed by atoms with van der Waals surface area (Å²) in [6.45, 7) is 3.86. The first-order chi connectivity index (χ1) is 10.3. The van der Waals surface area contributed by atoms with Crippen molar-refractivity contribution in [3.8, 4) is 11.5 Å². The van der Waals surface area contributed by atoms with Gasteiger partial charge in [-0.1, -0.05) is 6.07 Å². The van der Waals surface area contributed by atoms with Crippen LogP contribution in [0.2, 0.25) is 0 Å². The first-order valence-corrected chi connectivity index (χ1v) is 7.22. The van der Waals surface area contributed by atoms with Gasteiger partial charge < -0.3 is 24.4 Å². The summed E-state index contributed by atoms with van der Waals surface area (Å²) in [7, 11) is 1.78. The van der Waals surface area contributed by atoms with E-state index in [1.165, 1.54) is 0 Å². The van der Waals surface area contributed by atoms with E-state index in [2.05, 4.69) is 5.32 Å². The summed E-state index contributed by atoms with van der Waals surface area (Å²) in [4.78, 5) is 14.3. The minimum atomic E-state index is -0.0773. The summed E-state index contributed by atoms with van der Waals surface area (Å²) in [6.07, 6.45) is 0.0319. The summed E-state index contributed by atoms with van der Waals surface area (Å²) in [5.41, 5.74) is 0.540. The number of rotatable bonds is 3. The molecule has 21 heavy (non-hydrogen) atoms. The van der Waals surface area contributed by atoms with Gasteiger partial charge in [-0.05, 0) is 12.1 Å². The highest BCUT2D eigenvalue weighted by molar-refractivity contribution is 5.97. The van der Waals surface area contributed by atoms with E-state index in [0.29, 0.717) is 43.4 Å². The molecule has 0 aromatic heterocycles. The van der Waals surface area contributed by atoms with Gasteiger partial charge in [-0.15, -0.1) is 0 Å². The van der Waals surface area contributed by atoms with Gasteiger partial charge in [-0.2, -0.15) is 0 Å². The Morgan fingerprint density at radius 3 is 3.00 bits per heavy atom. The number of carbonyl (C=O) groups is 1. The second-order valence-corrected chi connectivity index (χ2v) is 5.21. The number of carbonyl (C=O) groups excluding carboxylic acids is 1. The fraction of sp³-hybridized carbons (Fsp3) is 0.533. The van der Waals surface area contributed by atoms with E-state index in [0.717, 1.165) is 13.1 Å². The zero-order valence-corrected chi connectivity index (χ0v) is 12.1. The number of nitrogens with one attached hydrogen (secondary N) is 1. The predicted molar refractivity (Wildman–Crippen MR) is 77.0 cm³/mol. The van der Waals surface area contributed by atoms with Crippen LogP contribution in [-0.2, 0) is 4.74 Å². The summed E-state index contributed by atoms with van der Waals surface area (Å²) < 4.78 is 16.7. The minimum absolute atomic E-state index is 0.0319. The number of fused-ring (bicyclic) bond motifs is 1. The second-order valence-electron chi connectivity index (χ2n) is 5.21. The Labute approximate surface area is 124 Å². The van der Waals surface area contributed by atoms with Crippen LogP contribution in [0.1, 0.15) is 10.4 Å². The van der Waals surface area contributed by atoms with Crippen molar-refractivity contribution in [3.05, 3.63) is 23.8 Å². The molecule has 1 N–H and O–H groups in total. The number of benzene rings is 1. The molecule has 1 aromatic rings. The Morgan fingerprint density at radius 1 is 1.33 bits per heavy atom. The Hall–Kier alpha value is -1.79. The van der Waals surface area contributed by atoms with Gasteiger partial charge in [0.15, 0.2) is 11.5 Å². The average Bonchev–Trinajstić information content (AvgIpc) is 2.54. The summed E-state index contributed by atoms with van der Waals surface area (Å²) in [5, 5.41) is 3.26. The van der Waals surface area contributed by atoms with Crippen LogP contribution in [0.4, 0.5) is 0 Å². The number of para-hydroxylation sites is 1. The van der Waals surface area contributed by atoms with Crippen LogP contribution < -0.4 is 14.8 Å². The molecule has 3 rings (SSSR count). The van der Waals surface area contributed by atoms with E-state index in [1.54, 1.807) is 18.0 Å². The molecule has 1 atom stereocenters. The Kier molecular flexibility index (Phi) is 4.26. The van der Waals surface area contributed by atoms with Crippen molar-refractivity contribution < 1.29 is 19.0 Å². The van der Waals surface area contributed by atoms with Crippen molar-refractivity contribution >= 4 is 5.91 Å². The maximum atomic E-state index is 12.6. The molecule has 2 heterocycles. The lowest BCUT2D eigenvalue weighted by atomic mass is 10.1. The van der Waals surface area contributed by atoms with E-state index in [4.69, 9.17) is 14.2 Å². The zero-order valence-electron chi connectivity index (χ0n) is 12.1. The Morgan fingerprint density at radius 2 is 2.19 bits per heavy atom. The standard InChI is InChI=1S/C15H20N2O4/c1-17(10-11-9-16-5-6-19-11)15(18)12-3-2-4-13-14(12)21-8-7-20-13/h2-4,11,16H,5-10H2,1H3. The van der Waals surface area contributed by atoms with Crippen molar-refractivity contribution in [1.82, 2.24) is 10.2 Å². The van der Waals surface area contributed by atoms with E-state index in [1.807, 2.05) is 12.1 Å². The third-order valence-corrected chi connectivity index (χ3v) is 3.63. The van der Waals surface area contributed by atoms with E-state index < -0.39 is 0 Å². The molecule has 1 amide bonds. The third kappa shape index (κ3) is 3.11. The van der Waals surface area contributed by atoms with E-state index in [9.17, 15) is 4.79 Å². The highest BCUT2D eigenvalue weighted by Gasteiger charge is 2.25. The number of ether oxygens (including phenoxy) is 3. The van der Waals surface area contributed by atoms with Crippen LogP contribution in [0.3, 0.4) is 0 Å². The first kappa shape index (κ1) is 14.2. The van der Waals surface area contributed by atoms with Crippen molar-refractivity contribution in [1.29, 1.82) is 0 Å². The maximum absolute atomic E-state index is 12.6. The minimum Gasteiger partial charge on any atom is -0.486 e. The molecule has 6 nitrogen and oxygen atoms in total. The fourth-order valence-corrected chi connectivity index (χ4v) is 2.57. The van der Waals surface area contributed by atoms with Gasteiger partial charge in [0, 0.05) is 26.7 Å². The van der Waals surface area contributed by atoms with Gasteiger partial charge in [0.1, 0.15) is 13.2 Å². The molecule has 114 valence electrons. The molecule has 2 aliphatic heterocycles. The summed E-state index contributed by atoms with van der Waals surface area (Å²) in [6, 6.07) is 5.40. The normalized spacial score (nSPS) is 20.9. The summed E-state index contributed by atoms with van der Waals surface area (Å²) in [5.74, 6) is 1.10. The second kappa shape index (κ2) is 6.32. The monoisotopic (exact) mass is 292 g/mol. The number of nitrogens with zero attached hydrogens (tertiary/aromatic N) is 1. The molecule has 1 aromatic carbocycles. The van der Waals surface area contributed by atoms with Crippen molar-refractivity contribution in [2.24, 2.45) is 0 Å². The molecule has 2 aliphatic rings. The van der Waals surface area contributed by atoms with Gasteiger partial charge in [0.05, 0.1) is 18.3 Å². The lowest BCUT2D eigenvalue weighted by molar-refractivity contribution is 0.0102. The molecular weight excluding hydrogens is 272 g/mol. The molecule has 0 bridgehead atoms. The SMILES string of the molecule is CN(CC1CNCCO1)C(=O)c1cccc2c1OCCO2. The quantitative estimate of drug-likeness (QED) is 0.880. The average molecular weight is 292 g/mol. The van der Waals surface area contributed by atoms with E-state index >= 15 is 0 Å². The van der Waals surface area contributed by atoms with Crippen molar-refractivity contribution in [2.45, 2.75) is 6.10 Å². The lowest BCUT2D eigenvalue weighted by Gasteiger charge is -2.29. The number of amides is 1. The van der Waals surface area contributed by atoms with Gasteiger partial charge in [-0.25, -0.2) is 0 Å². The van der Waals surface area contributed by atoms with Crippen LogP contribution in [0.5, 0.6) is 11.5 Å². The van der Waals surface area contributed by atoms with Gasteiger partial charge in [0.25, 0.3) is 5.91 Å². The molecule has 6 heteroatoms. The van der Waals surface area contributed by atoms with Crippen LogP contribution >= 0.6 is 0 Å². The molecule has 0 spiro atoms. The van der Waals surface area contributed by atoms with Gasteiger partial charge >= 0.3 is 0 Å². The van der Waals surface area contributed by atoms with Crippen LogP contribution in [0.25, 0.3) is 0 Å². The smallest absolute Gasteiger partial charge is 0.257 e. The molecular formula is C15H20N2O4. The Balaban J connectivity index is 1.72. The van der Waals surface area contributed by atoms with Crippen LogP contribution in [0, 0.1) is 0 Å². The largest absolute Gasteiger partial charge is 0.486 e. The van der Waals surface area contributed by atoms with E-state index in [-0.39, 0.29) is 12.0 Å². The Bertz CT molecular complexity index is 514. The zero-order chi connectivity index (χ0) is 14.7. The third-order valence-electron chi connectivity index (χ3n) is 3.63. The highest BCUT2D eigenvalue weighted by atomic mass is 16.6. The molecule has 1 fully saturated rings. The number of likely N-dealkylation sites (N-methyl/N-ethyl adjacent to an activating group) is 1.